The summed E-state index contributed by atoms with van der Waals surface area (Å²) in [4.78, 5) is 12.6. The van der Waals surface area contributed by atoms with Gasteiger partial charge in [-0.05, 0) is 61.0 Å². The number of fused-ring (bicyclic) bond motifs is 1. The first-order chi connectivity index (χ1) is 15.3. The van der Waals surface area contributed by atoms with Crippen LogP contribution < -0.4 is 19.5 Å². The predicted molar refractivity (Wildman–Crippen MR) is 122 cm³/mol. The molecule has 3 aromatic carbocycles. The smallest absolute Gasteiger partial charge is 0.262 e. The lowest BCUT2D eigenvalue weighted by Crippen LogP contribution is -2.26. The van der Waals surface area contributed by atoms with Crippen LogP contribution in [-0.4, -0.2) is 27.5 Å². The van der Waals surface area contributed by atoms with Gasteiger partial charge in [-0.3, -0.25) is 9.52 Å². The Morgan fingerprint density at radius 3 is 2.41 bits per heavy atom. The van der Waals surface area contributed by atoms with Crippen molar-refractivity contribution in [3.8, 4) is 11.5 Å². The second-order valence-electron chi connectivity index (χ2n) is 7.24. The highest BCUT2D eigenvalue weighted by molar-refractivity contribution is 7.92. The minimum Gasteiger partial charge on any atom is -0.486 e. The molecular formula is C23H21ClN2O5S. The number of nitrogens with one attached hydrogen (secondary N) is 2. The summed E-state index contributed by atoms with van der Waals surface area (Å²) in [6.45, 7) is 2.65. The largest absolute Gasteiger partial charge is 0.486 e. The van der Waals surface area contributed by atoms with Crippen molar-refractivity contribution < 1.29 is 22.7 Å². The number of hydrogen-bond acceptors (Lipinski definition) is 5. The molecule has 0 fully saturated rings. The summed E-state index contributed by atoms with van der Waals surface area (Å²) in [5.41, 5.74) is 1.62. The summed E-state index contributed by atoms with van der Waals surface area (Å²) in [6, 6.07) is 17.7. The predicted octanol–water partition coefficient (Wildman–Crippen LogP) is 4.40. The molecule has 166 valence electrons. The van der Waals surface area contributed by atoms with E-state index in [1.807, 2.05) is 19.1 Å². The number of hydrogen-bond donors (Lipinski definition) is 2. The van der Waals surface area contributed by atoms with Crippen molar-refractivity contribution in [2.45, 2.75) is 17.9 Å². The minimum absolute atomic E-state index is 0.0546. The van der Waals surface area contributed by atoms with Crippen LogP contribution in [0.4, 0.5) is 5.69 Å². The number of rotatable bonds is 6. The van der Waals surface area contributed by atoms with Crippen LogP contribution in [-0.2, 0) is 10.0 Å². The molecule has 3 aromatic rings. The maximum atomic E-state index is 12.7. The van der Waals surface area contributed by atoms with Gasteiger partial charge in [0.25, 0.3) is 15.9 Å². The van der Waals surface area contributed by atoms with Crippen LogP contribution in [0.25, 0.3) is 0 Å². The van der Waals surface area contributed by atoms with Crippen LogP contribution in [0.2, 0.25) is 5.02 Å². The van der Waals surface area contributed by atoms with Gasteiger partial charge in [-0.25, -0.2) is 8.42 Å². The average Bonchev–Trinajstić information content (AvgIpc) is 2.79. The average molecular weight is 473 g/mol. The lowest BCUT2D eigenvalue weighted by Gasteiger charge is -2.19. The second-order valence-corrected chi connectivity index (χ2v) is 9.36. The third kappa shape index (κ3) is 4.98. The van der Waals surface area contributed by atoms with Crippen molar-refractivity contribution in [2.24, 2.45) is 0 Å². The molecule has 0 saturated carbocycles. The normalized spacial score (nSPS) is 13.8. The molecule has 1 amide bonds. The van der Waals surface area contributed by atoms with Gasteiger partial charge < -0.3 is 14.8 Å². The van der Waals surface area contributed by atoms with E-state index in [1.165, 1.54) is 24.3 Å². The summed E-state index contributed by atoms with van der Waals surface area (Å²) >= 11 is 6.01. The van der Waals surface area contributed by atoms with E-state index in [2.05, 4.69) is 10.0 Å². The molecule has 0 spiro atoms. The van der Waals surface area contributed by atoms with E-state index in [0.29, 0.717) is 41.0 Å². The molecule has 1 aliphatic rings. The summed E-state index contributed by atoms with van der Waals surface area (Å²) in [6.07, 6.45) is 0. The Labute approximate surface area is 191 Å². The molecule has 0 aromatic heterocycles. The molecule has 0 radical (unpaired) electrons. The van der Waals surface area contributed by atoms with E-state index in [1.54, 1.807) is 30.3 Å². The highest BCUT2D eigenvalue weighted by Crippen LogP contribution is 2.32. The fourth-order valence-electron chi connectivity index (χ4n) is 3.23. The quantitative estimate of drug-likeness (QED) is 0.554. The molecule has 1 aliphatic heterocycles. The number of sulfonamides is 1. The summed E-state index contributed by atoms with van der Waals surface area (Å²) < 4.78 is 38.9. The van der Waals surface area contributed by atoms with E-state index in [9.17, 15) is 13.2 Å². The molecule has 7 nitrogen and oxygen atoms in total. The Bertz CT molecular complexity index is 1250. The number of benzene rings is 3. The maximum Gasteiger partial charge on any atom is 0.262 e. The third-order valence-corrected chi connectivity index (χ3v) is 6.53. The van der Waals surface area contributed by atoms with Crippen molar-refractivity contribution in [3.63, 3.8) is 0 Å². The monoisotopic (exact) mass is 472 g/mol. The number of ether oxygens (including phenoxy) is 2. The lowest BCUT2D eigenvalue weighted by molar-refractivity contribution is 0.0940. The van der Waals surface area contributed by atoms with Gasteiger partial charge in [0.15, 0.2) is 11.5 Å². The van der Waals surface area contributed by atoms with Crippen LogP contribution in [0.15, 0.2) is 71.6 Å². The zero-order valence-corrected chi connectivity index (χ0v) is 18.7. The maximum absolute atomic E-state index is 12.7. The van der Waals surface area contributed by atoms with Crippen LogP contribution in [0.1, 0.15) is 28.9 Å². The van der Waals surface area contributed by atoms with Crippen molar-refractivity contribution in [2.75, 3.05) is 17.9 Å². The Hall–Kier alpha value is -3.23. The fraction of sp³-hybridized carbons (Fsp3) is 0.174. The van der Waals surface area contributed by atoms with E-state index in [-0.39, 0.29) is 16.8 Å². The SMILES string of the molecule is CC(NC(=O)c1ccc(NS(=O)(=O)c2ccc3c(c2)OCCO3)cc1)c1cccc(Cl)c1. The first-order valence-electron chi connectivity index (χ1n) is 9.91. The fourth-order valence-corrected chi connectivity index (χ4v) is 4.51. The van der Waals surface area contributed by atoms with Gasteiger partial charge in [-0.1, -0.05) is 23.7 Å². The van der Waals surface area contributed by atoms with Crippen molar-refractivity contribution in [3.05, 3.63) is 82.9 Å². The minimum atomic E-state index is -3.84. The Morgan fingerprint density at radius 1 is 0.969 bits per heavy atom. The van der Waals surface area contributed by atoms with Gasteiger partial charge >= 0.3 is 0 Å². The second kappa shape index (κ2) is 9.10. The molecule has 2 N–H and O–H groups in total. The van der Waals surface area contributed by atoms with Crippen molar-refractivity contribution in [1.82, 2.24) is 5.32 Å². The van der Waals surface area contributed by atoms with Crippen LogP contribution in [0.3, 0.4) is 0 Å². The Kier molecular flexibility index (Phi) is 6.25. The van der Waals surface area contributed by atoms with E-state index >= 15 is 0 Å². The Morgan fingerprint density at radius 2 is 1.69 bits per heavy atom. The number of carbonyl (C=O) groups is 1. The van der Waals surface area contributed by atoms with Gasteiger partial charge in [0, 0.05) is 22.3 Å². The molecule has 1 unspecified atom stereocenters. The van der Waals surface area contributed by atoms with Gasteiger partial charge in [-0.2, -0.15) is 0 Å². The van der Waals surface area contributed by atoms with Gasteiger partial charge in [0.2, 0.25) is 0 Å². The molecular weight excluding hydrogens is 452 g/mol. The standard InChI is InChI=1S/C23H21ClN2O5S/c1-15(17-3-2-4-18(24)13-17)25-23(27)16-5-7-19(8-6-16)26-32(28,29)20-9-10-21-22(14-20)31-12-11-30-21/h2-10,13-15,26H,11-12H2,1H3,(H,25,27). The van der Waals surface area contributed by atoms with Crippen molar-refractivity contribution >= 4 is 33.2 Å². The van der Waals surface area contributed by atoms with Crippen LogP contribution in [0.5, 0.6) is 11.5 Å². The van der Waals surface area contributed by atoms with E-state index in [4.69, 9.17) is 21.1 Å². The highest BCUT2D eigenvalue weighted by Gasteiger charge is 2.20. The Balaban J connectivity index is 1.43. The van der Waals surface area contributed by atoms with Crippen LogP contribution >= 0.6 is 11.6 Å². The van der Waals surface area contributed by atoms with Gasteiger partial charge in [0.1, 0.15) is 13.2 Å². The summed E-state index contributed by atoms with van der Waals surface area (Å²) in [5.74, 6) is 0.622. The number of anilines is 1. The van der Waals surface area contributed by atoms with Crippen LogP contribution in [0, 0.1) is 0 Å². The highest BCUT2D eigenvalue weighted by atomic mass is 35.5. The summed E-state index contributed by atoms with van der Waals surface area (Å²) in [5, 5.41) is 3.50. The molecule has 9 heteroatoms. The molecule has 1 heterocycles. The number of carbonyl (C=O) groups excluding carboxylic acids is 1. The zero-order chi connectivity index (χ0) is 22.7. The topological polar surface area (TPSA) is 93.7 Å². The number of halogens is 1. The van der Waals surface area contributed by atoms with Gasteiger partial charge in [-0.15, -0.1) is 0 Å². The third-order valence-electron chi connectivity index (χ3n) is 4.92. The molecule has 0 aliphatic carbocycles. The van der Waals surface area contributed by atoms with E-state index in [0.717, 1.165) is 5.56 Å². The van der Waals surface area contributed by atoms with Crippen molar-refractivity contribution in [1.29, 1.82) is 0 Å². The lowest BCUT2D eigenvalue weighted by atomic mass is 10.1. The number of amides is 1. The molecule has 4 rings (SSSR count). The van der Waals surface area contributed by atoms with E-state index < -0.39 is 10.0 Å². The molecule has 1 atom stereocenters. The van der Waals surface area contributed by atoms with Gasteiger partial charge in [0.05, 0.1) is 10.9 Å². The zero-order valence-electron chi connectivity index (χ0n) is 17.2. The first kappa shape index (κ1) is 22.0. The summed E-state index contributed by atoms with van der Waals surface area (Å²) in [7, 11) is -3.84. The molecule has 32 heavy (non-hydrogen) atoms. The first-order valence-corrected chi connectivity index (χ1v) is 11.8. The molecule has 0 bridgehead atoms. The molecule has 0 saturated heterocycles.